The lowest BCUT2D eigenvalue weighted by atomic mass is 9.98. The molecule has 0 amide bonds. The number of methoxy groups -OCH3 is 3. The first-order valence-electron chi connectivity index (χ1n) is 4.71. The van der Waals surface area contributed by atoms with Crippen LogP contribution >= 0.6 is 0 Å². The van der Waals surface area contributed by atoms with Gasteiger partial charge in [-0.2, -0.15) is 0 Å². The zero-order valence-corrected chi connectivity index (χ0v) is 9.08. The molecule has 0 aliphatic heterocycles. The summed E-state index contributed by atoms with van der Waals surface area (Å²) in [6.45, 7) is 1.30. The summed E-state index contributed by atoms with van der Waals surface area (Å²) in [6, 6.07) is 0. The van der Waals surface area contributed by atoms with Gasteiger partial charge in [-0.25, -0.2) is 0 Å². The van der Waals surface area contributed by atoms with E-state index in [9.17, 15) is 0 Å². The Kier molecular flexibility index (Phi) is 4.87. The highest BCUT2D eigenvalue weighted by Gasteiger charge is 2.14. The fourth-order valence-corrected chi connectivity index (χ4v) is 1.62. The maximum atomic E-state index is 5.32. The Labute approximate surface area is 85.3 Å². The molecule has 1 aliphatic rings. The topological polar surface area (TPSA) is 27.7 Å². The van der Waals surface area contributed by atoms with Gasteiger partial charge in [-0.1, -0.05) is 12.2 Å². The van der Waals surface area contributed by atoms with Gasteiger partial charge in [0.1, 0.15) is 0 Å². The Morgan fingerprint density at radius 3 is 2.50 bits per heavy atom. The summed E-state index contributed by atoms with van der Waals surface area (Å²) < 4.78 is 15.5. The van der Waals surface area contributed by atoms with Gasteiger partial charge in [-0.3, -0.25) is 0 Å². The highest BCUT2D eigenvalue weighted by atomic mass is 16.5. The predicted molar refractivity (Wildman–Crippen MR) is 55.3 cm³/mol. The third-order valence-corrected chi connectivity index (χ3v) is 2.20. The minimum Gasteiger partial charge on any atom is -0.380 e. The summed E-state index contributed by atoms with van der Waals surface area (Å²) in [4.78, 5) is 0. The Morgan fingerprint density at radius 2 is 1.93 bits per heavy atom. The largest absolute Gasteiger partial charge is 0.380 e. The molecule has 0 saturated heterocycles. The molecule has 0 radical (unpaired) electrons. The first-order chi connectivity index (χ1) is 6.80. The highest BCUT2D eigenvalue weighted by Crippen LogP contribution is 2.20. The summed E-state index contributed by atoms with van der Waals surface area (Å²) in [5.41, 5.74) is 2.42. The van der Waals surface area contributed by atoms with Crippen molar-refractivity contribution < 1.29 is 14.2 Å². The van der Waals surface area contributed by atoms with Crippen molar-refractivity contribution in [3.63, 3.8) is 0 Å². The molecular weight excluding hydrogens is 180 g/mol. The quantitative estimate of drug-likeness (QED) is 0.671. The van der Waals surface area contributed by atoms with Crippen LogP contribution in [0.25, 0.3) is 0 Å². The molecule has 3 heteroatoms. The van der Waals surface area contributed by atoms with Crippen molar-refractivity contribution >= 4 is 0 Å². The second-order valence-electron chi connectivity index (χ2n) is 3.39. The van der Waals surface area contributed by atoms with Gasteiger partial charge >= 0.3 is 0 Å². The zero-order chi connectivity index (χ0) is 10.4. The average molecular weight is 198 g/mol. The Bertz CT molecular complexity index is 231. The number of rotatable bonds is 5. The maximum Gasteiger partial charge on any atom is 0.0796 e. The first-order valence-corrected chi connectivity index (χ1v) is 4.71. The van der Waals surface area contributed by atoms with Crippen LogP contribution in [0.3, 0.4) is 0 Å². The van der Waals surface area contributed by atoms with Crippen LogP contribution in [0.15, 0.2) is 23.3 Å². The second kappa shape index (κ2) is 5.96. The normalized spacial score (nSPS) is 21.8. The molecule has 0 fully saturated rings. The van der Waals surface area contributed by atoms with E-state index in [0.29, 0.717) is 13.2 Å². The Morgan fingerprint density at radius 1 is 1.21 bits per heavy atom. The van der Waals surface area contributed by atoms with Crippen molar-refractivity contribution in [2.45, 2.75) is 12.5 Å². The molecule has 0 spiro atoms. The van der Waals surface area contributed by atoms with Crippen molar-refractivity contribution in [2.24, 2.45) is 0 Å². The van der Waals surface area contributed by atoms with Gasteiger partial charge in [0.25, 0.3) is 0 Å². The first kappa shape index (κ1) is 11.4. The van der Waals surface area contributed by atoms with Gasteiger partial charge in [0.2, 0.25) is 0 Å². The fourth-order valence-electron chi connectivity index (χ4n) is 1.62. The molecular formula is C11H18O3. The molecule has 80 valence electrons. The van der Waals surface area contributed by atoms with Crippen LogP contribution in [0.4, 0.5) is 0 Å². The van der Waals surface area contributed by atoms with Crippen LogP contribution in [0.2, 0.25) is 0 Å². The van der Waals surface area contributed by atoms with E-state index in [1.807, 2.05) is 0 Å². The standard InChI is InChI=1S/C11H18O3/c1-12-7-9-4-10(8-13-2)6-11(5-9)14-3/h4-5,11H,6-8H2,1-3H3. The van der Waals surface area contributed by atoms with E-state index in [0.717, 1.165) is 12.0 Å². The van der Waals surface area contributed by atoms with Gasteiger partial charge in [0, 0.05) is 27.8 Å². The molecule has 0 aromatic rings. The van der Waals surface area contributed by atoms with Gasteiger partial charge in [0.05, 0.1) is 19.3 Å². The van der Waals surface area contributed by atoms with Crippen LogP contribution in [0.1, 0.15) is 6.42 Å². The highest BCUT2D eigenvalue weighted by molar-refractivity contribution is 5.31. The molecule has 0 aromatic carbocycles. The van der Waals surface area contributed by atoms with E-state index in [1.165, 1.54) is 5.57 Å². The summed E-state index contributed by atoms with van der Waals surface area (Å²) in [5.74, 6) is 0. The number of hydrogen-bond acceptors (Lipinski definition) is 3. The van der Waals surface area contributed by atoms with Gasteiger partial charge in [-0.15, -0.1) is 0 Å². The van der Waals surface area contributed by atoms with Crippen molar-refractivity contribution in [1.29, 1.82) is 0 Å². The van der Waals surface area contributed by atoms with Crippen LogP contribution < -0.4 is 0 Å². The number of hydrogen-bond donors (Lipinski definition) is 0. The smallest absolute Gasteiger partial charge is 0.0796 e. The Balaban J connectivity index is 2.65. The van der Waals surface area contributed by atoms with E-state index in [2.05, 4.69) is 12.2 Å². The predicted octanol–water partition coefficient (Wildman–Crippen LogP) is 1.55. The molecule has 0 heterocycles. The maximum absolute atomic E-state index is 5.32. The van der Waals surface area contributed by atoms with Crippen molar-refractivity contribution in [3.05, 3.63) is 23.3 Å². The molecule has 14 heavy (non-hydrogen) atoms. The zero-order valence-electron chi connectivity index (χ0n) is 9.08. The summed E-state index contributed by atoms with van der Waals surface area (Å²) in [7, 11) is 5.12. The molecule has 0 saturated carbocycles. The van der Waals surface area contributed by atoms with Gasteiger partial charge < -0.3 is 14.2 Å². The monoisotopic (exact) mass is 198 g/mol. The molecule has 3 nitrogen and oxygen atoms in total. The minimum atomic E-state index is 0.162. The fraction of sp³-hybridized carbons (Fsp3) is 0.636. The molecule has 0 bridgehead atoms. The van der Waals surface area contributed by atoms with Crippen molar-refractivity contribution in [1.82, 2.24) is 0 Å². The molecule has 1 aliphatic carbocycles. The van der Waals surface area contributed by atoms with Gasteiger partial charge in [0.15, 0.2) is 0 Å². The van der Waals surface area contributed by atoms with E-state index < -0.39 is 0 Å². The summed E-state index contributed by atoms with van der Waals surface area (Å²) in [5, 5.41) is 0. The second-order valence-corrected chi connectivity index (χ2v) is 3.39. The van der Waals surface area contributed by atoms with Gasteiger partial charge in [-0.05, 0) is 11.1 Å². The van der Waals surface area contributed by atoms with Crippen LogP contribution in [-0.2, 0) is 14.2 Å². The molecule has 0 aromatic heterocycles. The average Bonchev–Trinajstić information content (AvgIpc) is 2.18. The van der Waals surface area contributed by atoms with E-state index in [4.69, 9.17) is 14.2 Å². The summed E-state index contributed by atoms with van der Waals surface area (Å²) >= 11 is 0. The number of ether oxygens (including phenoxy) is 3. The van der Waals surface area contributed by atoms with Crippen LogP contribution in [-0.4, -0.2) is 40.6 Å². The Hall–Kier alpha value is -0.640. The van der Waals surface area contributed by atoms with E-state index >= 15 is 0 Å². The third kappa shape index (κ3) is 3.25. The molecule has 1 rings (SSSR count). The van der Waals surface area contributed by atoms with Crippen molar-refractivity contribution in [3.8, 4) is 0 Å². The van der Waals surface area contributed by atoms with Crippen LogP contribution in [0, 0.1) is 0 Å². The molecule has 0 N–H and O–H groups in total. The summed E-state index contributed by atoms with van der Waals surface area (Å²) in [6.07, 6.45) is 5.30. The van der Waals surface area contributed by atoms with E-state index in [-0.39, 0.29) is 6.10 Å². The lowest BCUT2D eigenvalue weighted by Crippen LogP contribution is -2.16. The minimum absolute atomic E-state index is 0.162. The SMILES string of the molecule is COCC1=CC(OC)CC(COC)=C1. The lowest BCUT2D eigenvalue weighted by Gasteiger charge is -2.20. The molecule has 1 unspecified atom stereocenters. The lowest BCUT2D eigenvalue weighted by molar-refractivity contribution is 0.130. The van der Waals surface area contributed by atoms with E-state index in [1.54, 1.807) is 21.3 Å². The van der Waals surface area contributed by atoms with Crippen LogP contribution in [0.5, 0.6) is 0 Å². The third-order valence-electron chi connectivity index (χ3n) is 2.20. The molecule has 1 atom stereocenters. The van der Waals surface area contributed by atoms with Crippen molar-refractivity contribution in [2.75, 3.05) is 34.5 Å².